The fourth-order valence-corrected chi connectivity index (χ4v) is 4.20. The average Bonchev–Trinajstić information content (AvgIpc) is 3.13. The lowest BCUT2D eigenvalue weighted by Gasteiger charge is -2.35. The molecule has 1 heterocycles. The summed E-state index contributed by atoms with van der Waals surface area (Å²) in [5.74, 6) is 0. The molecule has 4 heteroatoms. The number of hydrogen-bond acceptors (Lipinski definition) is 2. The third-order valence-corrected chi connectivity index (χ3v) is 5.96. The Bertz CT molecular complexity index is 507. The third-order valence-electron chi connectivity index (χ3n) is 5.22. The summed E-state index contributed by atoms with van der Waals surface area (Å²) >= 11 is 12.2. The van der Waals surface area contributed by atoms with Crippen LogP contribution in [-0.2, 0) is 10.2 Å². The molecule has 1 aromatic carbocycles. The van der Waals surface area contributed by atoms with Gasteiger partial charge in [0, 0.05) is 24.5 Å². The van der Waals surface area contributed by atoms with Gasteiger partial charge in [-0.1, -0.05) is 29.3 Å². The molecule has 1 N–H and O–H groups in total. The summed E-state index contributed by atoms with van der Waals surface area (Å²) in [6, 6.07) is 6.08. The molecule has 1 saturated heterocycles. The van der Waals surface area contributed by atoms with E-state index >= 15 is 0 Å². The van der Waals surface area contributed by atoms with E-state index < -0.39 is 0 Å². The summed E-state index contributed by atoms with van der Waals surface area (Å²) in [5.41, 5.74) is 1.73. The normalized spacial score (nSPS) is 34.7. The van der Waals surface area contributed by atoms with Gasteiger partial charge in [0.1, 0.15) is 0 Å². The molecule has 2 fully saturated rings. The minimum Gasteiger partial charge on any atom is -0.381 e. The molecule has 1 aliphatic carbocycles. The standard InChI is InChI=1S/C15H19Cl2NO/c1-10(19-2)15-8-14(15,5-6-18-9-15)11-3-4-12(16)13(17)7-11/h3-4,7,10,18H,5-6,8-9H2,1-2H3/t10-,14-,15?/m0/s1. The molecule has 104 valence electrons. The quantitative estimate of drug-likeness (QED) is 0.920. The van der Waals surface area contributed by atoms with Gasteiger partial charge in [0.2, 0.25) is 0 Å². The van der Waals surface area contributed by atoms with Gasteiger partial charge in [-0.3, -0.25) is 0 Å². The summed E-state index contributed by atoms with van der Waals surface area (Å²) < 4.78 is 5.64. The number of nitrogens with one attached hydrogen (secondary N) is 1. The summed E-state index contributed by atoms with van der Waals surface area (Å²) in [6.07, 6.45) is 2.55. The van der Waals surface area contributed by atoms with Gasteiger partial charge in [0.15, 0.2) is 0 Å². The second-order valence-corrected chi connectivity index (χ2v) is 6.66. The van der Waals surface area contributed by atoms with Crippen LogP contribution in [0.1, 0.15) is 25.3 Å². The Morgan fingerprint density at radius 3 is 2.79 bits per heavy atom. The zero-order valence-electron chi connectivity index (χ0n) is 11.3. The maximum absolute atomic E-state index is 6.19. The van der Waals surface area contributed by atoms with Crippen LogP contribution >= 0.6 is 23.2 Å². The van der Waals surface area contributed by atoms with Gasteiger partial charge in [-0.2, -0.15) is 0 Å². The lowest BCUT2D eigenvalue weighted by molar-refractivity contribution is 0.0353. The molecule has 3 rings (SSSR count). The molecule has 1 aliphatic heterocycles. The fourth-order valence-electron chi connectivity index (χ4n) is 3.91. The molecule has 3 atom stereocenters. The van der Waals surface area contributed by atoms with Crippen LogP contribution in [0.15, 0.2) is 18.2 Å². The Morgan fingerprint density at radius 2 is 2.11 bits per heavy atom. The van der Waals surface area contributed by atoms with Crippen molar-refractivity contribution in [2.24, 2.45) is 5.41 Å². The number of hydrogen-bond donors (Lipinski definition) is 1. The van der Waals surface area contributed by atoms with E-state index in [9.17, 15) is 0 Å². The number of ether oxygens (including phenoxy) is 1. The second-order valence-electron chi connectivity index (χ2n) is 5.85. The molecule has 0 radical (unpaired) electrons. The van der Waals surface area contributed by atoms with Gasteiger partial charge in [-0.25, -0.2) is 0 Å². The van der Waals surface area contributed by atoms with Gasteiger partial charge >= 0.3 is 0 Å². The van der Waals surface area contributed by atoms with E-state index in [1.807, 2.05) is 12.1 Å². The number of piperidine rings is 1. The number of benzene rings is 1. The summed E-state index contributed by atoms with van der Waals surface area (Å²) in [5, 5.41) is 4.79. The Balaban J connectivity index is 2.00. The maximum Gasteiger partial charge on any atom is 0.0620 e. The van der Waals surface area contributed by atoms with Crippen LogP contribution in [0.3, 0.4) is 0 Å². The SMILES string of the molecule is CO[C@@H](C)C12CNCC[C@@]1(c1ccc(Cl)c(Cl)c1)C2. The van der Waals surface area contributed by atoms with Crippen LogP contribution < -0.4 is 5.32 Å². The van der Waals surface area contributed by atoms with Crippen molar-refractivity contribution < 1.29 is 4.74 Å². The van der Waals surface area contributed by atoms with Crippen LogP contribution in [0.4, 0.5) is 0 Å². The highest BCUT2D eigenvalue weighted by molar-refractivity contribution is 6.42. The van der Waals surface area contributed by atoms with Gasteiger partial charge < -0.3 is 10.1 Å². The van der Waals surface area contributed by atoms with Gasteiger partial charge in [0.05, 0.1) is 16.1 Å². The number of fused-ring (bicyclic) bond motifs is 1. The van der Waals surface area contributed by atoms with E-state index in [1.54, 1.807) is 7.11 Å². The van der Waals surface area contributed by atoms with Crippen LogP contribution in [0.2, 0.25) is 10.0 Å². The molecule has 1 unspecified atom stereocenters. The summed E-state index contributed by atoms with van der Waals surface area (Å²) in [4.78, 5) is 0. The van der Waals surface area contributed by atoms with Gasteiger partial charge in [-0.05, 0) is 44.0 Å². The van der Waals surface area contributed by atoms with Gasteiger partial charge in [-0.15, -0.1) is 0 Å². The molecule has 19 heavy (non-hydrogen) atoms. The zero-order valence-corrected chi connectivity index (χ0v) is 12.8. The van der Waals surface area contributed by atoms with Crippen molar-refractivity contribution in [3.63, 3.8) is 0 Å². The predicted octanol–water partition coefficient (Wildman–Crippen LogP) is 3.65. The predicted molar refractivity (Wildman–Crippen MR) is 79.1 cm³/mol. The Hall–Kier alpha value is -0.280. The molecule has 0 amide bonds. The topological polar surface area (TPSA) is 21.3 Å². The monoisotopic (exact) mass is 299 g/mol. The van der Waals surface area contributed by atoms with Crippen molar-refractivity contribution in [1.82, 2.24) is 5.32 Å². The molecule has 0 aromatic heterocycles. The Kier molecular flexibility index (Phi) is 3.33. The van der Waals surface area contributed by atoms with Crippen molar-refractivity contribution in [1.29, 1.82) is 0 Å². The first-order valence-corrected chi connectivity index (χ1v) is 7.50. The van der Waals surface area contributed by atoms with Crippen LogP contribution in [0.5, 0.6) is 0 Å². The molecular formula is C15H19Cl2NO. The highest BCUT2D eigenvalue weighted by atomic mass is 35.5. The van der Waals surface area contributed by atoms with E-state index in [0.29, 0.717) is 10.0 Å². The molecular weight excluding hydrogens is 281 g/mol. The van der Waals surface area contributed by atoms with Crippen LogP contribution in [0, 0.1) is 5.41 Å². The smallest absolute Gasteiger partial charge is 0.0620 e. The molecule has 0 bridgehead atoms. The van der Waals surface area contributed by atoms with Gasteiger partial charge in [0.25, 0.3) is 0 Å². The highest BCUT2D eigenvalue weighted by Crippen LogP contribution is 2.69. The third kappa shape index (κ3) is 1.84. The number of halogens is 2. The Labute approximate surface area is 124 Å². The molecule has 0 spiro atoms. The molecule has 2 aliphatic rings. The van der Waals surface area contributed by atoms with Crippen molar-refractivity contribution in [2.45, 2.75) is 31.3 Å². The minimum absolute atomic E-state index is 0.206. The largest absolute Gasteiger partial charge is 0.381 e. The lowest BCUT2D eigenvalue weighted by atomic mass is 9.78. The van der Waals surface area contributed by atoms with Crippen molar-refractivity contribution in [2.75, 3.05) is 20.2 Å². The first kappa shape index (κ1) is 13.7. The first-order chi connectivity index (χ1) is 9.06. The van der Waals surface area contributed by atoms with E-state index in [2.05, 4.69) is 18.3 Å². The van der Waals surface area contributed by atoms with E-state index in [4.69, 9.17) is 27.9 Å². The van der Waals surface area contributed by atoms with Crippen LogP contribution in [0.25, 0.3) is 0 Å². The molecule has 2 nitrogen and oxygen atoms in total. The summed E-state index contributed by atoms with van der Waals surface area (Å²) in [6.45, 7) is 4.24. The lowest BCUT2D eigenvalue weighted by Crippen LogP contribution is -2.44. The number of rotatable bonds is 3. The minimum atomic E-state index is 0.206. The fraction of sp³-hybridized carbons (Fsp3) is 0.600. The van der Waals surface area contributed by atoms with Crippen molar-refractivity contribution >= 4 is 23.2 Å². The maximum atomic E-state index is 6.19. The zero-order chi connectivity index (χ0) is 13.7. The molecule has 1 saturated carbocycles. The van der Waals surface area contributed by atoms with Crippen molar-refractivity contribution in [3.8, 4) is 0 Å². The van der Waals surface area contributed by atoms with E-state index in [0.717, 1.165) is 19.5 Å². The second kappa shape index (κ2) is 4.63. The highest BCUT2D eigenvalue weighted by Gasteiger charge is 2.71. The van der Waals surface area contributed by atoms with E-state index in [1.165, 1.54) is 12.0 Å². The van der Waals surface area contributed by atoms with Crippen molar-refractivity contribution in [3.05, 3.63) is 33.8 Å². The summed E-state index contributed by atoms with van der Waals surface area (Å²) in [7, 11) is 1.80. The van der Waals surface area contributed by atoms with Crippen LogP contribution in [-0.4, -0.2) is 26.3 Å². The number of methoxy groups -OCH3 is 1. The van der Waals surface area contributed by atoms with E-state index in [-0.39, 0.29) is 16.9 Å². The Morgan fingerprint density at radius 1 is 1.32 bits per heavy atom. The first-order valence-electron chi connectivity index (χ1n) is 6.75. The average molecular weight is 300 g/mol. The molecule has 1 aromatic rings.